The second kappa shape index (κ2) is 5.75. The molecule has 0 heterocycles. The zero-order chi connectivity index (χ0) is 8.74. The van der Waals surface area contributed by atoms with Gasteiger partial charge < -0.3 is 0 Å². The van der Waals surface area contributed by atoms with Crippen LogP contribution >= 0.6 is 12.6 Å². The third-order valence-corrected chi connectivity index (χ3v) is 1.68. The Morgan fingerprint density at radius 1 is 0.909 bits per heavy atom. The van der Waals surface area contributed by atoms with Crippen molar-refractivity contribution in [2.75, 3.05) is 5.75 Å². The van der Waals surface area contributed by atoms with Gasteiger partial charge in [0.25, 0.3) is 0 Å². The lowest BCUT2D eigenvalue weighted by atomic mass is 10.1. The standard InChI is InChI=1S/C7H13F3S/c8-7(9,10)5-3-1-2-4-6-11/h11H,1-6H2. The third-order valence-electron chi connectivity index (χ3n) is 1.37. The summed E-state index contributed by atoms with van der Waals surface area (Å²) in [5, 5.41) is 0. The monoisotopic (exact) mass is 186 g/mol. The lowest BCUT2D eigenvalue weighted by Crippen LogP contribution is -2.06. The molecule has 68 valence electrons. The highest BCUT2D eigenvalue weighted by molar-refractivity contribution is 7.80. The van der Waals surface area contributed by atoms with Crippen molar-refractivity contribution in [3.63, 3.8) is 0 Å². The summed E-state index contributed by atoms with van der Waals surface area (Å²) in [4.78, 5) is 0. The van der Waals surface area contributed by atoms with E-state index in [4.69, 9.17) is 0 Å². The van der Waals surface area contributed by atoms with E-state index >= 15 is 0 Å². The maximum absolute atomic E-state index is 11.5. The maximum Gasteiger partial charge on any atom is 0.389 e. The smallest absolute Gasteiger partial charge is 0.179 e. The van der Waals surface area contributed by atoms with Gasteiger partial charge in [0.2, 0.25) is 0 Å². The Morgan fingerprint density at radius 3 is 1.91 bits per heavy atom. The molecular formula is C7H13F3S. The molecule has 0 bridgehead atoms. The molecule has 0 aromatic heterocycles. The molecule has 11 heavy (non-hydrogen) atoms. The van der Waals surface area contributed by atoms with Crippen LogP contribution < -0.4 is 0 Å². The molecule has 0 spiro atoms. The molecule has 0 rings (SSSR count). The molecule has 0 aliphatic carbocycles. The number of alkyl halides is 3. The van der Waals surface area contributed by atoms with Crippen molar-refractivity contribution in [1.82, 2.24) is 0 Å². The first kappa shape index (κ1) is 11.1. The van der Waals surface area contributed by atoms with E-state index in [9.17, 15) is 13.2 Å². The first-order chi connectivity index (χ1) is 5.06. The zero-order valence-electron chi connectivity index (χ0n) is 6.32. The summed E-state index contributed by atoms with van der Waals surface area (Å²) in [5.41, 5.74) is 0. The van der Waals surface area contributed by atoms with Crippen LogP contribution in [0.2, 0.25) is 0 Å². The second-order valence-corrected chi connectivity index (χ2v) is 2.95. The molecule has 0 atom stereocenters. The predicted molar refractivity (Wildman–Crippen MR) is 43.0 cm³/mol. The van der Waals surface area contributed by atoms with E-state index in [-0.39, 0.29) is 6.42 Å². The number of halogens is 3. The fourth-order valence-electron chi connectivity index (χ4n) is 0.791. The summed E-state index contributed by atoms with van der Waals surface area (Å²) in [6.07, 6.45) is -1.90. The average molecular weight is 186 g/mol. The second-order valence-electron chi connectivity index (χ2n) is 2.50. The van der Waals surface area contributed by atoms with Crippen molar-refractivity contribution in [3.05, 3.63) is 0 Å². The third kappa shape index (κ3) is 10.1. The number of unbranched alkanes of at least 4 members (excludes halogenated alkanes) is 3. The van der Waals surface area contributed by atoms with Crippen molar-refractivity contribution in [1.29, 1.82) is 0 Å². The quantitative estimate of drug-likeness (QED) is 0.493. The van der Waals surface area contributed by atoms with Crippen LogP contribution in [0.25, 0.3) is 0 Å². The molecule has 0 fully saturated rings. The molecule has 0 N–H and O–H groups in total. The Hall–Kier alpha value is 0.140. The summed E-state index contributed by atoms with van der Waals surface area (Å²) in [6.45, 7) is 0. The Labute approximate surface area is 70.6 Å². The molecule has 0 aliphatic heterocycles. The van der Waals surface area contributed by atoms with Crippen molar-refractivity contribution in [2.24, 2.45) is 0 Å². The van der Waals surface area contributed by atoms with Gasteiger partial charge in [0, 0.05) is 6.42 Å². The van der Waals surface area contributed by atoms with Crippen LogP contribution in [-0.2, 0) is 0 Å². The summed E-state index contributed by atoms with van der Waals surface area (Å²) < 4.78 is 34.6. The van der Waals surface area contributed by atoms with E-state index in [1.165, 1.54) is 0 Å². The van der Waals surface area contributed by atoms with Crippen LogP contribution in [0, 0.1) is 0 Å². The molecule has 0 radical (unpaired) electrons. The van der Waals surface area contributed by atoms with Crippen LogP contribution in [0.5, 0.6) is 0 Å². The van der Waals surface area contributed by atoms with Crippen molar-refractivity contribution >= 4 is 12.6 Å². The van der Waals surface area contributed by atoms with E-state index < -0.39 is 12.6 Å². The fourth-order valence-corrected chi connectivity index (χ4v) is 1.01. The molecule has 0 aliphatic rings. The van der Waals surface area contributed by atoms with E-state index in [1.54, 1.807) is 0 Å². The summed E-state index contributed by atoms with van der Waals surface area (Å²) >= 11 is 3.96. The number of hydrogen-bond donors (Lipinski definition) is 1. The molecule has 0 saturated heterocycles. The van der Waals surface area contributed by atoms with Crippen LogP contribution in [0.4, 0.5) is 13.2 Å². The SMILES string of the molecule is FC(F)(F)CCCCCCS. The van der Waals surface area contributed by atoms with Gasteiger partial charge >= 0.3 is 6.18 Å². The highest BCUT2D eigenvalue weighted by atomic mass is 32.1. The van der Waals surface area contributed by atoms with Crippen molar-refractivity contribution < 1.29 is 13.2 Å². The number of hydrogen-bond acceptors (Lipinski definition) is 1. The average Bonchev–Trinajstić information content (AvgIpc) is 1.85. The van der Waals surface area contributed by atoms with Gasteiger partial charge in [0.05, 0.1) is 0 Å². The Morgan fingerprint density at radius 2 is 1.45 bits per heavy atom. The largest absolute Gasteiger partial charge is 0.389 e. The number of rotatable bonds is 5. The van der Waals surface area contributed by atoms with Gasteiger partial charge in [0.1, 0.15) is 0 Å². The Bertz CT molecular complexity index is 90.2. The molecular weight excluding hydrogens is 173 g/mol. The highest BCUT2D eigenvalue weighted by Crippen LogP contribution is 2.22. The fraction of sp³-hybridized carbons (Fsp3) is 1.00. The summed E-state index contributed by atoms with van der Waals surface area (Å²) in [5.74, 6) is 0.770. The predicted octanol–water partition coefficient (Wildman–Crippen LogP) is 3.43. The molecule has 0 saturated carbocycles. The maximum atomic E-state index is 11.5. The lowest BCUT2D eigenvalue weighted by Gasteiger charge is -2.04. The van der Waals surface area contributed by atoms with Gasteiger partial charge in [-0.25, -0.2) is 0 Å². The van der Waals surface area contributed by atoms with Crippen LogP contribution in [-0.4, -0.2) is 11.9 Å². The Balaban J connectivity index is 3.02. The normalized spacial score (nSPS) is 12.0. The first-order valence-electron chi connectivity index (χ1n) is 3.74. The van der Waals surface area contributed by atoms with Gasteiger partial charge in [-0.15, -0.1) is 0 Å². The van der Waals surface area contributed by atoms with Crippen molar-refractivity contribution in [3.8, 4) is 0 Å². The van der Waals surface area contributed by atoms with Gasteiger partial charge in [0.15, 0.2) is 0 Å². The molecule has 0 aromatic carbocycles. The Kier molecular flexibility index (Phi) is 5.82. The van der Waals surface area contributed by atoms with Crippen LogP contribution in [0.15, 0.2) is 0 Å². The lowest BCUT2D eigenvalue weighted by molar-refractivity contribution is -0.135. The topological polar surface area (TPSA) is 0 Å². The van der Waals surface area contributed by atoms with Gasteiger partial charge in [-0.2, -0.15) is 25.8 Å². The van der Waals surface area contributed by atoms with Crippen molar-refractivity contribution in [2.45, 2.75) is 38.3 Å². The number of thiol groups is 1. The molecule has 0 amide bonds. The van der Waals surface area contributed by atoms with E-state index in [0.717, 1.165) is 18.6 Å². The van der Waals surface area contributed by atoms with E-state index in [2.05, 4.69) is 12.6 Å². The highest BCUT2D eigenvalue weighted by Gasteiger charge is 2.25. The minimum atomic E-state index is -3.97. The van der Waals surface area contributed by atoms with Crippen LogP contribution in [0.3, 0.4) is 0 Å². The molecule has 0 unspecified atom stereocenters. The molecule has 0 aromatic rings. The van der Waals surface area contributed by atoms with Gasteiger partial charge in [-0.05, 0) is 18.6 Å². The minimum Gasteiger partial charge on any atom is -0.179 e. The first-order valence-corrected chi connectivity index (χ1v) is 4.37. The van der Waals surface area contributed by atoms with E-state index in [1.807, 2.05) is 0 Å². The van der Waals surface area contributed by atoms with Crippen LogP contribution in [0.1, 0.15) is 32.1 Å². The minimum absolute atomic E-state index is 0.261. The van der Waals surface area contributed by atoms with Gasteiger partial charge in [-0.1, -0.05) is 12.8 Å². The summed E-state index contributed by atoms with van der Waals surface area (Å²) in [7, 11) is 0. The van der Waals surface area contributed by atoms with Gasteiger partial charge in [-0.3, -0.25) is 0 Å². The zero-order valence-corrected chi connectivity index (χ0v) is 7.22. The van der Waals surface area contributed by atoms with E-state index in [0.29, 0.717) is 6.42 Å². The summed E-state index contributed by atoms with van der Waals surface area (Å²) in [6, 6.07) is 0. The molecule has 0 nitrogen and oxygen atoms in total. The molecule has 4 heteroatoms.